The van der Waals surface area contributed by atoms with Crippen LogP contribution in [-0.2, 0) is 0 Å². The van der Waals surface area contributed by atoms with Crippen LogP contribution in [0, 0.1) is 32.4 Å². The van der Waals surface area contributed by atoms with Crippen molar-refractivity contribution in [3.8, 4) is 0 Å². The molecule has 0 spiro atoms. The monoisotopic (exact) mass is 276 g/mol. The number of aryl methyl sites for hydroxylation is 3. The molecule has 0 bridgehead atoms. The van der Waals surface area contributed by atoms with Gasteiger partial charge in [0, 0.05) is 11.1 Å². The minimum Gasteiger partial charge on any atom is -0.271 e. The third-order valence-electron chi connectivity index (χ3n) is 3.40. The molecule has 0 fully saturated rings. The molecule has 0 aliphatic rings. The van der Waals surface area contributed by atoms with Crippen molar-refractivity contribution < 1.29 is 8.78 Å². The molecule has 106 valence electrons. The molecule has 0 heterocycles. The number of rotatable bonds is 3. The molecule has 2 nitrogen and oxygen atoms in total. The van der Waals surface area contributed by atoms with E-state index in [2.05, 4.69) is 5.43 Å². The highest BCUT2D eigenvalue weighted by Gasteiger charge is 2.22. The van der Waals surface area contributed by atoms with Gasteiger partial charge in [0.15, 0.2) is 0 Å². The molecule has 0 aliphatic heterocycles. The molecule has 2 aromatic carbocycles. The maximum atomic E-state index is 14.2. The lowest BCUT2D eigenvalue weighted by molar-refractivity contribution is 0.528. The predicted molar refractivity (Wildman–Crippen MR) is 76.2 cm³/mol. The van der Waals surface area contributed by atoms with E-state index in [0.29, 0.717) is 11.1 Å². The van der Waals surface area contributed by atoms with Crippen molar-refractivity contribution in [2.24, 2.45) is 5.84 Å². The third kappa shape index (κ3) is 2.71. The van der Waals surface area contributed by atoms with Crippen LogP contribution in [0.4, 0.5) is 8.78 Å². The number of hydrogen-bond donors (Lipinski definition) is 2. The van der Waals surface area contributed by atoms with E-state index in [9.17, 15) is 8.78 Å². The highest BCUT2D eigenvalue weighted by molar-refractivity contribution is 5.41. The number of hydrazine groups is 1. The summed E-state index contributed by atoms with van der Waals surface area (Å²) in [5.74, 6) is 4.76. The van der Waals surface area contributed by atoms with Crippen LogP contribution in [0.2, 0.25) is 0 Å². The Hall–Kier alpha value is -1.78. The van der Waals surface area contributed by atoms with Crippen molar-refractivity contribution in [2.75, 3.05) is 0 Å². The fraction of sp³-hybridized carbons (Fsp3) is 0.250. The van der Waals surface area contributed by atoms with Gasteiger partial charge in [-0.3, -0.25) is 5.84 Å². The SMILES string of the molecule is Cc1ccc(C(NN)c2c(C)cc(C)cc2F)c(F)c1. The number of benzene rings is 2. The Bertz CT molecular complexity index is 615. The molecule has 20 heavy (non-hydrogen) atoms. The van der Waals surface area contributed by atoms with Gasteiger partial charge in [0.1, 0.15) is 11.6 Å². The first-order valence-corrected chi connectivity index (χ1v) is 6.43. The minimum absolute atomic E-state index is 0.337. The summed E-state index contributed by atoms with van der Waals surface area (Å²) in [4.78, 5) is 0. The van der Waals surface area contributed by atoms with Gasteiger partial charge in [0.25, 0.3) is 0 Å². The van der Waals surface area contributed by atoms with Crippen LogP contribution in [0.5, 0.6) is 0 Å². The molecular weight excluding hydrogens is 258 g/mol. The largest absolute Gasteiger partial charge is 0.271 e. The topological polar surface area (TPSA) is 38.0 Å². The second-order valence-corrected chi connectivity index (χ2v) is 5.10. The molecular formula is C16H18F2N2. The first kappa shape index (κ1) is 14.6. The second kappa shape index (κ2) is 5.69. The lowest BCUT2D eigenvalue weighted by Crippen LogP contribution is -2.31. The molecule has 0 amide bonds. The molecule has 2 aromatic rings. The maximum Gasteiger partial charge on any atom is 0.128 e. The maximum absolute atomic E-state index is 14.2. The molecule has 0 aromatic heterocycles. The van der Waals surface area contributed by atoms with Crippen molar-refractivity contribution >= 4 is 0 Å². The van der Waals surface area contributed by atoms with Gasteiger partial charge >= 0.3 is 0 Å². The Morgan fingerprint density at radius 3 is 2.15 bits per heavy atom. The zero-order valence-electron chi connectivity index (χ0n) is 11.8. The van der Waals surface area contributed by atoms with Crippen LogP contribution in [0.25, 0.3) is 0 Å². The van der Waals surface area contributed by atoms with Crippen LogP contribution in [0.3, 0.4) is 0 Å². The first-order chi connectivity index (χ1) is 9.43. The molecule has 0 saturated carbocycles. The second-order valence-electron chi connectivity index (χ2n) is 5.10. The van der Waals surface area contributed by atoms with Crippen molar-refractivity contribution in [3.63, 3.8) is 0 Å². The van der Waals surface area contributed by atoms with Gasteiger partial charge in [-0.05, 0) is 49.6 Å². The zero-order chi connectivity index (χ0) is 14.9. The molecule has 3 N–H and O–H groups in total. The third-order valence-corrected chi connectivity index (χ3v) is 3.40. The van der Waals surface area contributed by atoms with Crippen LogP contribution >= 0.6 is 0 Å². The lowest BCUT2D eigenvalue weighted by atomic mass is 9.93. The Morgan fingerprint density at radius 2 is 1.60 bits per heavy atom. The van der Waals surface area contributed by atoms with Gasteiger partial charge in [-0.2, -0.15) is 0 Å². The van der Waals surface area contributed by atoms with Crippen molar-refractivity contribution in [1.82, 2.24) is 5.43 Å². The molecule has 1 atom stereocenters. The highest BCUT2D eigenvalue weighted by Crippen LogP contribution is 2.29. The van der Waals surface area contributed by atoms with Crippen LogP contribution in [-0.4, -0.2) is 0 Å². The van der Waals surface area contributed by atoms with E-state index in [0.717, 1.165) is 16.7 Å². The van der Waals surface area contributed by atoms with Crippen molar-refractivity contribution in [2.45, 2.75) is 26.8 Å². The molecule has 0 saturated heterocycles. The highest BCUT2D eigenvalue weighted by atomic mass is 19.1. The summed E-state index contributed by atoms with van der Waals surface area (Å²) in [5.41, 5.74) is 5.60. The van der Waals surface area contributed by atoms with Gasteiger partial charge in [0.05, 0.1) is 6.04 Å². The summed E-state index contributed by atoms with van der Waals surface area (Å²) in [6.07, 6.45) is 0. The zero-order valence-corrected chi connectivity index (χ0v) is 11.8. The summed E-state index contributed by atoms with van der Waals surface area (Å²) in [6, 6.07) is 7.41. The van der Waals surface area contributed by atoms with E-state index >= 15 is 0 Å². The minimum atomic E-state index is -0.712. The smallest absolute Gasteiger partial charge is 0.128 e. The van der Waals surface area contributed by atoms with Crippen LogP contribution in [0.1, 0.15) is 33.9 Å². The Morgan fingerprint density at radius 1 is 0.950 bits per heavy atom. The average Bonchev–Trinajstić information content (AvgIpc) is 2.34. The number of hydrogen-bond acceptors (Lipinski definition) is 2. The van der Waals surface area contributed by atoms with Gasteiger partial charge in [-0.15, -0.1) is 0 Å². The van der Waals surface area contributed by atoms with Crippen molar-refractivity contribution in [1.29, 1.82) is 0 Å². The molecule has 2 rings (SSSR count). The lowest BCUT2D eigenvalue weighted by Gasteiger charge is -2.21. The van der Waals surface area contributed by atoms with E-state index in [-0.39, 0.29) is 5.82 Å². The summed E-state index contributed by atoms with van der Waals surface area (Å²) in [7, 11) is 0. The Labute approximate surface area is 117 Å². The normalized spacial score (nSPS) is 12.5. The van der Waals surface area contributed by atoms with Gasteiger partial charge in [0.2, 0.25) is 0 Å². The fourth-order valence-corrected chi connectivity index (χ4v) is 2.49. The fourth-order valence-electron chi connectivity index (χ4n) is 2.49. The summed E-state index contributed by atoms with van der Waals surface area (Å²) >= 11 is 0. The molecule has 4 heteroatoms. The Kier molecular flexibility index (Phi) is 4.16. The quantitative estimate of drug-likeness (QED) is 0.665. The standard InChI is InChI=1S/C16H18F2N2/c1-9-4-5-12(13(17)7-9)16(20-19)15-11(3)6-10(2)8-14(15)18/h4-8,16,20H,19H2,1-3H3. The predicted octanol–water partition coefficient (Wildman–Crippen LogP) is 3.44. The van der Waals surface area contributed by atoms with E-state index < -0.39 is 11.9 Å². The van der Waals surface area contributed by atoms with Gasteiger partial charge in [-0.25, -0.2) is 14.2 Å². The average molecular weight is 276 g/mol. The molecule has 1 unspecified atom stereocenters. The van der Waals surface area contributed by atoms with Crippen LogP contribution < -0.4 is 11.3 Å². The van der Waals surface area contributed by atoms with Gasteiger partial charge < -0.3 is 0 Å². The Balaban J connectivity index is 2.58. The summed E-state index contributed by atoms with van der Waals surface area (Å²) < 4.78 is 28.3. The van der Waals surface area contributed by atoms with Crippen molar-refractivity contribution in [3.05, 3.63) is 69.8 Å². The number of nitrogens with two attached hydrogens (primary N) is 1. The molecule has 0 radical (unpaired) electrons. The van der Waals surface area contributed by atoms with Gasteiger partial charge in [-0.1, -0.05) is 18.2 Å². The first-order valence-electron chi connectivity index (χ1n) is 6.43. The summed E-state index contributed by atoms with van der Waals surface area (Å²) in [5, 5.41) is 0. The molecule has 0 aliphatic carbocycles. The van der Waals surface area contributed by atoms with E-state index in [4.69, 9.17) is 5.84 Å². The summed E-state index contributed by atoms with van der Waals surface area (Å²) in [6.45, 7) is 5.41. The van der Waals surface area contributed by atoms with E-state index in [1.165, 1.54) is 12.1 Å². The van der Waals surface area contributed by atoms with E-state index in [1.807, 2.05) is 13.0 Å². The van der Waals surface area contributed by atoms with Crippen LogP contribution in [0.15, 0.2) is 30.3 Å². The number of halogens is 2. The number of nitrogens with one attached hydrogen (secondary N) is 1. The van der Waals surface area contributed by atoms with E-state index in [1.54, 1.807) is 26.0 Å².